The molecule has 0 unspecified atom stereocenters. The summed E-state index contributed by atoms with van der Waals surface area (Å²) in [6.07, 6.45) is 0. The van der Waals surface area contributed by atoms with Gasteiger partial charge in [0.25, 0.3) is 0 Å². The van der Waals surface area contributed by atoms with Crippen molar-refractivity contribution in [2.45, 2.75) is 0 Å². The van der Waals surface area contributed by atoms with Gasteiger partial charge in [-0.1, -0.05) is 42.5 Å². The first kappa shape index (κ1) is 22.0. The number of fused-ring (bicyclic) bond motifs is 2. The minimum atomic E-state index is -1.23. The number of aromatic carboxylic acids is 4. The fourth-order valence-corrected chi connectivity index (χ4v) is 3.19. The molecule has 0 saturated carbocycles. The van der Waals surface area contributed by atoms with Gasteiger partial charge in [-0.25, -0.2) is 19.2 Å². The molecule has 0 spiro atoms. The van der Waals surface area contributed by atoms with Crippen LogP contribution in [0.3, 0.4) is 0 Å². The Morgan fingerprint density at radius 2 is 1.03 bits per heavy atom. The van der Waals surface area contributed by atoms with Gasteiger partial charge in [-0.15, -0.1) is 0 Å². The first-order chi connectivity index (χ1) is 15.2. The second-order valence-electron chi connectivity index (χ2n) is 6.71. The molecule has 8 heteroatoms. The lowest BCUT2D eigenvalue weighted by molar-refractivity contribution is 0.0653. The third kappa shape index (κ3) is 4.54. The lowest BCUT2D eigenvalue weighted by Crippen LogP contribution is -2.08. The zero-order chi connectivity index (χ0) is 23.4. The van der Waals surface area contributed by atoms with Crippen LogP contribution in [0.2, 0.25) is 0 Å². The van der Waals surface area contributed by atoms with E-state index in [4.69, 9.17) is 20.4 Å². The third-order valence-corrected chi connectivity index (χ3v) is 4.71. The summed E-state index contributed by atoms with van der Waals surface area (Å²) < 4.78 is 0. The average molecular weight is 432 g/mol. The number of carboxylic acid groups (broad SMARTS) is 4. The molecule has 4 aromatic carbocycles. The van der Waals surface area contributed by atoms with Crippen LogP contribution in [-0.2, 0) is 0 Å². The lowest BCUT2D eigenvalue weighted by Gasteiger charge is -2.05. The average Bonchev–Trinajstić information content (AvgIpc) is 2.77. The molecule has 0 aromatic heterocycles. The summed E-state index contributed by atoms with van der Waals surface area (Å²) >= 11 is 0. The van der Waals surface area contributed by atoms with Gasteiger partial charge in [0.15, 0.2) is 0 Å². The van der Waals surface area contributed by atoms with E-state index in [1.54, 1.807) is 42.5 Å². The van der Waals surface area contributed by atoms with Crippen LogP contribution < -0.4 is 0 Å². The number of hydrogen-bond donors (Lipinski definition) is 4. The topological polar surface area (TPSA) is 149 Å². The number of benzene rings is 4. The van der Waals surface area contributed by atoms with E-state index in [-0.39, 0.29) is 22.3 Å². The Morgan fingerprint density at radius 1 is 0.500 bits per heavy atom. The standard InChI is InChI=1S/2C12H8O4/c13-11(14)8-3-1-7-2-4-9(12(15)16)6-10(7)5-8;13-11(14)9-6-5-7-3-1-2-4-8(7)10(9)12(15)16/h2*1-6H,(H,13,14)(H,15,16). The van der Waals surface area contributed by atoms with Crippen LogP contribution in [-0.4, -0.2) is 44.3 Å². The number of carboxylic acids is 4. The van der Waals surface area contributed by atoms with Gasteiger partial charge in [0.2, 0.25) is 0 Å². The van der Waals surface area contributed by atoms with Crippen LogP contribution in [0.1, 0.15) is 41.4 Å². The maximum Gasteiger partial charge on any atom is 0.337 e. The summed E-state index contributed by atoms with van der Waals surface area (Å²) in [4.78, 5) is 43.5. The largest absolute Gasteiger partial charge is 0.478 e. The molecule has 0 aliphatic carbocycles. The highest BCUT2D eigenvalue weighted by Crippen LogP contribution is 2.22. The van der Waals surface area contributed by atoms with Gasteiger partial charge in [0, 0.05) is 0 Å². The minimum Gasteiger partial charge on any atom is -0.478 e. The molecule has 0 saturated heterocycles. The molecule has 4 N–H and O–H groups in total. The van der Waals surface area contributed by atoms with E-state index in [1.165, 1.54) is 30.3 Å². The number of hydrogen-bond acceptors (Lipinski definition) is 4. The van der Waals surface area contributed by atoms with Crippen LogP contribution in [0.4, 0.5) is 0 Å². The van der Waals surface area contributed by atoms with E-state index < -0.39 is 23.9 Å². The predicted octanol–water partition coefficient (Wildman–Crippen LogP) is 4.47. The van der Waals surface area contributed by atoms with Crippen molar-refractivity contribution in [3.05, 3.63) is 95.1 Å². The molecule has 0 radical (unpaired) electrons. The van der Waals surface area contributed by atoms with Gasteiger partial charge in [0.05, 0.1) is 22.3 Å². The number of carbonyl (C=O) groups is 4. The Labute approximate surface area is 180 Å². The van der Waals surface area contributed by atoms with Gasteiger partial charge in [0.1, 0.15) is 0 Å². The molecule has 0 aliphatic heterocycles. The molecule has 160 valence electrons. The highest BCUT2D eigenvalue weighted by molar-refractivity contribution is 6.11. The molecule has 4 rings (SSSR count). The Balaban J connectivity index is 0.000000181. The smallest absolute Gasteiger partial charge is 0.337 e. The van der Waals surface area contributed by atoms with Gasteiger partial charge >= 0.3 is 23.9 Å². The maximum absolute atomic E-state index is 11.1. The van der Waals surface area contributed by atoms with Crippen molar-refractivity contribution < 1.29 is 39.6 Å². The molecule has 0 atom stereocenters. The van der Waals surface area contributed by atoms with Crippen LogP contribution in [0.25, 0.3) is 21.5 Å². The molecule has 0 bridgehead atoms. The summed E-state index contributed by atoms with van der Waals surface area (Å²) in [7, 11) is 0. The van der Waals surface area contributed by atoms with Crippen molar-refractivity contribution >= 4 is 45.4 Å². The van der Waals surface area contributed by atoms with Gasteiger partial charge < -0.3 is 20.4 Å². The summed E-state index contributed by atoms with van der Waals surface area (Å²) in [6.45, 7) is 0. The van der Waals surface area contributed by atoms with Crippen LogP contribution >= 0.6 is 0 Å². The second-order valence-corrected chi connectivity index (χ2v) is 6.71. The maximum atomic E-state index is 11.1. The fraction of sp³-hybridized carbons (Fsp3) is 0. The SMILES string of the molecule is O=C(O)c1ccc2ccc(C(=O)O)cc2c1.O=C(O)c1ccc2ccccc2c1C(=O)O. The zero-order valence-corrected chi connectivity index (χ0v) is 16.4. The van der Waals surface area contributed by atoms with Crippen molar-refractivity contribution in [3.63, 3.8) is 0 Å². The van der Waals surface area contributed by atoms with E-state index in [0.29, 0.717) is 16.2 Å². The summed E-state index contributed by atoms with van der Waals surface area (Å²) in [5, 5.41) is 38.2. The molecule has 8 nitrogen and oxygen atoms in total. The van der Waals surface area contributed by atoms with E-state index in [0.717, 1.165) is 5.39 Å². The van der Waals surface area contributed by atoms with Crippen molar-refractivity contribution in [1.82, 2.24) is 0 Å². The summed E-state index contributed by atoms with van der Waals surface area (Å²) in [5.74, 6) is -4.51. The Kier molecular flexibility index (Phi) is 6.16. The quantitative estimate of drug-likeness (QED) is 0.369. The van der Waals surface area contributed by atoms with E-state index >= 15 is 0 Å². The van der Waals surface area contributed by atoms with E-state index in [9.17, 15) is 19.2 Å². The molecular formula is C24H16O8. The van der Waals surface area contributed by atoms with Crippen molar-refractivity contribution in [3.8, 4) is 0 Å². The van der Waals surface area contributed by atoms with E-state index in [2.05, 4.69) is 0 Å². The first-order valence-electron chi connectivity index (χ1n) is 9.18. The molecule has 0 aliphatic rings. The Morgan fingerprint density at radius 3 is 1.53 bits per heavy atom. The zero-order valence-electron chi connectivity index (χ0n) is 16.4. The highest BCUT2D eigenvalue weighted by Gasteiger charge is 2.18. The van der Waals surface area contributed by atoms with Crippen LogP contribution in [0, 0.1) is 0 Å². The minimum absolute atomic E-state index is 0.148. The van der Waals surface area contributed by atoms with Gasteiger partial charge in [-0.2, -0.15) is 0 Å². The Hall–Kier alpha value is -4.72. The second kappa shape index (κ2) is 8.97. The van der Waals surface area contributed by atoms with Crippen molar-refractivity contribution in [2.24, 2.45) is 0 Å². The van der Waals surface area contributed by atoms with Gasteiger partial charge in [-0.3, -0.25) is 0 Å². The predicted molar refractivity (Wildman–Crippen MR) is 116 cm³/mol. The summed E-state index contributed by atoms with van der Waals surface area (Å²) in [5.41, 5.74) is -0.0538. The molecule has 0 fully saturated rings. The fourth-order valence-electron chi connectivity index (χ4n) is 3.19. The molecule has 32 heavy (non-hydrogen) atoms. The molecule has 0 amide bonds. The summed E-state index contributed by atoms with van der Waals surface area (Å²) in [6, 6.07) is 18.9. The van der Waals surface area contributed by atoms with Crippen molar-refractivity contribution in [2.75, 3.05) is 0 Å². The van der Waals surface area contributed by atoms with Crippen LogP contribution in [0.5, 0.6) is 0 Å². The normalized spacial score (nSPS) is 10.2. The molecular weight excluding hydrogens is 416 g/mol. The third-order valence-electron chi connectivity index (χ3n) is 4.71. The highest BCUT2D eigenvalue weighted by atomic mass is 16.4. The lowest BCUT2D eigenvalue weighted by atomic mass is 9.99. The number of rotatable bonds is 4. The van der Waals surface area contributed by atoms with E-state index in [1.807, 2.05) is 0 Å². The van der Waals surface area contributed by atoms with Gasteiger partial charge in [-0.05, 0) is 51.9 Å². The monoisotopic (exact) mass is 432 g/mol. The van der Waals surface area contributed by atoms with Crippen LogP contribution in [0.15, 0.2) is 72.8 Å². The molecule has 0 heterocycles. The first-order valence-corrected chi connectivity index (χ1v) is 9.18. The van der Waals surface area contributed by atoms with Crippen molar-refractivity contribution in [1.29, 1.82) is 0 Å². The Bertz CT molecular complexity index is 1340. The molecule has 4 aromatic rings.